The fourth-order valence-electron chi connectivity index (χ4n) is 4.31. The molecule has 2 aliphatic rings. The number of carbonyl (C=O) groups is 1. The van der Waals surface area contributed by atoms with Gasteiger partial charge in [-0.2, -0.15) is 0 Å². The molecule has 0 saturated carbocycles. The number of nitrogens with zero attached hydrogens (tertiary/aromatic N) is 1. The predicted molar refractivity (Wildman–Crippen MR) is 88.5 cm³/mol. The summed E-state index contributed by atoms with van der Waals surface area (Å²) in [6.07, 6.45) is 9.31. The minimum absolute atomic E-state index is 0.503. The van der Waals surface area contributed by atoms with E-state index in [4.69, 9.17) is 0 Å². The van der Waals surface area contributed by atoms with Gasteiger partial charge >= 0.3 is 5.97 Å². The van der Waals surface area contributed by atoms with E-state index in [2.05, 4.69) is 17.9 Å². The highest BCUT2D eigenvalue weighted by Crippen LogP contribution is 2.37. The molecular formula is C19H27NO2. The van der Waals surface area contributed by atoms with Crippen LogP contribution in [-0.2, 0) is 12.8 Å². The molecule has 1 aliphatic carbocycles. The molecule has 3 nitrogen and oxygen atoms in total. The Hall–Kier alpha value is -1.35. The summed E-state index contributed by atoms with van der Waals surface area (Å²) in [7, 11) is 0. The Labute approximate surface area is 133 Å². The second-order valence-corrected chi connectivity index (χ2v) is 6.72. The van der Waals surface area contributed by atoms with Gasteiger partial charge in [0.1, 0.15) is 0 Å². The molecule has 1 aromatic carbocycles. The first kappa shape index (κ1) is 15.5. The maximum atomic E-state index is 11.5. The predicted octanol–water partition coefficient (Wildman–Crippen LogP) is 4.20. The van der Waals surface area contributed by atoms with E-state index in [0.717, 1.165) is 31.4 Å². The molecule has 1 heterocycles. The van der Waals surface area contributed by atoms with E-state index in [1.807, 2.05) is 6.07 Å². The maximum Gasteiger partial charge on any atom is 0.335 e. The van der Waals surface area contributed by atoms with Crippen LogP contribution in [0.1, 0.15) is 78.5 Å². The van der Waals surface area contributed by atoms with E-state index in [1.165, 1.54) is 49.8 Å². The highest BCUT2D eigenvalue weighted by molar-refractivity contribution is 5.90. The average Bonchev–Trinajstić information content (AvgIpc) is 2.54. The first-order valence-electron chi connectivity index (χ1n) is 8.84. The Bertz CT molecular complexity index is 551. The summed E-state index contributed by atoms with van der Waals surface area (Å²) in [5.74, 6) is -0.765. The Morgan fingerprint density at radius 3 is 2.68 bits per heavy atom. The summed E-state index contributed by atoms with van der Waals surface area (Å²) in [6.45, 7) is 4.59. The summed E-state index contributed by atoms with van der Waals surface area (Å²) in [4.78, 5) is 14.1. The Kier molecular flexibility index (Phi) is 4.82. The zero-order chi connectivity index (χ0) is 15.5. The molecule has 3 rings (SSSR count). The molecule has 1 aliphatic heterocycles. The smallest absolute Gasteiger partial charge is 0.335 e. The van der Waals surface area contributed by atoms with Gasteiger partial charge in [0.2, 0.25) is 0 Å². The van der Waals surface area contributed by atoms with Crippen molar-refractivity contribution in [3.05, 3.63) is 34.4 Å². The van der Waals surface area contributed by atoms with Gasteiger partial charge in [0.15, 0.2) is 0 Å². The van der Waals surface area contributed by atoms with Crippen LogP contribution in [0.4, 0.5) is 0 Å². The Balaban J connectivity index is 2.01. The van der Waals surface area contributed by atoms with Crippen molar-refractivity contribution in [2.45, 2.75) is 64.3 Å². The van der Waals surface area contributed by atoms with Crippen LogP contribution in [0.25, 0.3) is 0 Å². The SMILES string of the molecule is CCCN1CCCCC1c1ccc(C(=O)O)c2c1CCCC2. The van der Waals surface area contributed by atoms with Crippen LogP contribution in [0.5, 0.6) is 0 Å². The molecular weight excluding hydrogens is 274 g/mol. The molecule has 1 atom stereocenters. The number of likely N-dealkylation sites (tertiary alicyclic amines) is 1. The van der Waals surface area contributed by atoms with Crippen LogP contribution in [0.3, 0.4) is 0 Å². The van der Waals surface area contributed by atoms with E-state index in [1.54, 1.807) is 0 Å². The van der Waals surface area contributed by atoms with Gasteiger partial charge in [-0.15, -0.1) is 0 Å². The summed E-state index contributed by atoms with van der Waals surface area (Å²) in [6, 6.07) is 4.48. The summed E-state index contributed by atoms with van der Waals surface area (Å²) < 4.78 is 0. The lowest BCUT2D eigenvalue weighted by atomic mass is 9.81. The minimum Gasteiger partial charge on any atom is -0.478 e. The van der Waals surface area contributed by atoms with Crippen molar-refractivity contribution in [1.82, 2.24) is 4.90 Å². The van der Waals surface area contributed by atoms with Crippen molar-refractivity contribution in [2.75, 3.05) is 13.1 Å². The molecule has 1 fully saturated rings. The van der Waals surface area contributed by atoms with Crippen LogP contribution < -0.4 is 0 Å². The van der Waals surface area contributed by atoms with Crippen LogP contribution in [-0.4, -0.2) is 29.1 Å². The monoisotopic (exact) mass is 301 g/mol. The van der Waals surface area contributed by atoms with Gasteiger partial charge < -0.3 is 5.11 Å². The number of hydrogen-bond acceptors (Lipinski definition) is 2. The molecule has 0 spiro atoms. The fourth-order valence-corrected chi connectivity index (χ4v) is 4.31. The number of piperidine rings is 1. The molecule has 1 saturated heterocycles. The lowest BCUT2D eigenvalue weighted by molar-refractivity contribution is 0.0695. The van der Waals surface area contributed by atoms with Crippen molar-refractivity contribution in [2.24, 2.45) is 0 Å². The van der Waals surface area contributed by atoms with Gasteiger partial charge in [0, 0.05) is 6.04 Å². The Morgan fingerprint density at radius 2 is 1.95 bits per heavy atom. The molecule has 120 valence electrons. The molecule has 3 heteroatoms. The lowest BCUT2D eigenvalue weighted by Gasteiger charge is -2.38. The quantitative estimate of drug-likeness (QED) is 0.906. The second-order valence-electron chi connectivity index (χ2n) is 6.72. The van der Waals surface area contributed by atoms with Crippen molar-refractivity contribution < 1.29 is 9.90 Å². The van der Waals surface area contributed by atoms with Gasteiger partial charge in [-0.3, -0.25) is 4.90 Å². The van der Waals surface area contributed by atoms with Crippen molar-refractivity contribution in [1.29, 1.82) is 0 Å². The van der Waals surface area contributed by atoms with Gasteiger partial charge in [-0.25, -0.2) is 4.79 Å². The number of carboxylic acid groups (broad SMARTS) is 1. The van der Waals surface area contributed by atoms with Gasteiger partial charge in [0.25, 0.3) is 0 Å². The first-order valence-corrected chi connectivity index (χ1v) is 8.84. The van der Waals surface area contributed by atoms with Gasteiger partial charge in [-0.1, -0.05) is 19.4 Å². The number of rotatable bonds is 4. The lowest BCUT2D eigenvalue weighted by Crippen LogP contribution is -2.35. The average molecular weight is 301 g/mol. The maximum absolute atomic E-state index is 11.5. The molecule has 0 amide bonds. The molecule has 1 N–H and O–H groups in total. The van der Waals surface area contributed by atoms with Crippen LogP contribution >= 0.6 is 0 Å². The molecule has 1 aromatic rings. The van der Waals surface area contributed by atoms with Gasteiger partial charge in [0.05, 0.1) is 5.56 Å². The van der Waals surface area contributed by atoms with E-state index in [-0.39, 0.29) is 0 Å². The number of carboxylic acids is 1. The van der Waals surface area contributed by atoms with Crippen LogP contribution in [0, 0.1) is 0 Å². The zero-order valence-corrected chi connectivity index (χ0v) is 13.6. The fraction of sp³-hybridized carbons (Fsp3) is 0.632. The van der Waals surface area contributed by atoms with Crippen molar-refractivity contribution in [3.63, 3.8) is 0 Å². The van der Waals surface area contributed by atoms with Crippen LogP contribution in [0.2, 0.25) is 0 Å². The van der Waals surface area contributed by atoms with E-state index >= 15 is 0 Å². The van der Waals surface area contributed by atoms with Crippen molar-refractivity contribution >= 4 is 5.97 Å². The molecule has 0 bridgehead atoms. The second kappa shape index (κ2) is 6.82. The van der Waals surface area contributed by atoms with Crippen molar-refractivity contribution in [3.8, 4) is 0 Å². The summed E-state index contributed by atoms with van der Waals surface area (Å²) in [5.41, 5.74) is 4.45. The molecule has 1 unspecified atom stereocenters. The number of benzene rings is 1. The topological polar surface area (TPSA) is 40.5 Å². The van der Waals surface area contributed by atoms with Crippen LogP contribution in [0.15, 0.2) is 12.1 Å². The third-order valence-corrected chi connectivity index (χ3v) is 5.28. The highest BCUT2D eigenvalue weighted by Gasteiger charge is 2.28. The molecule has 0 radical (unpaired) electrons. The molecule has 0 aromatic heterocycles. The summed E-state index contributed by atoms with van der Waals surface area (Å²) in [5, 5.41) is 9.47. The first-order chi connectivity index (χ1) is 10.7. The standard InChI is InChI=1S/C19H27NO2/c1-2-12-20-13-6-5-9-18(20)16-10-11-17(19(21)22)15-8-4-3-7-14(15)16/h10-11,18H,2-9,12-13H2,1H3,(H,21,22). The Morgan fingerprint density at radius 1 is 1.18 bits per heavy atom. The number of fused-ring (bicyclic) bond motifs is 1. The largest absolute Gasteiger partial charge is 0.478 e. The number of hydrogen-bond donors (Lipinski definition) is 1. The summed E-state index contributed by atoms with van der Waals surface area (Å²) >= 11 is 0. The van der Waals surface area contributed by atoms with E-state index in [0.29, 0.717) is 11.6 Å². The number of aromatic carboxylic acids is 1. The van der Waals surface area contributed by atoms with E-state index in [9.17, 15) is 9.90 Å². The highest BCUT2D eigenvalue weighted by atomic mass is 16.4. The minimum atomic E-state index is -0.765. The third-order valence-electron chi connectivity index (χ3n) is 5.28. The van der Waals surface area contributed by atoms with E-state index < -0.39 is 5.97 Å². The zero-order valence-electron chi connectivity index (χ0n) is 13.6. The third kappa shape index (κ3) is 2.91. The normalized spacial score (nSPS) is 22.3. The molecule has 22 heavy (non-hydrogen) atoms. The van der Waals surface area contributed by atoms with Gasteiger partial charge in [-0.05, 0) is 80.8 Å².